The predicted molar refractivity (Wildman–Crippen MR) is 117 cm³/mol. The molecule has 0 spiro atoms. The van der Waals surface area contributed by atoms with Crippen LogP contribution in [0.15, 0.2) is 60.8 Å². The number of para-hydroxylation sites is 1. The Hall–Kier alpha value is -3.85. The molecule has 0 unspecified atom stereocenters. The normalized spacial score (nSPS) is 10.8. The number of esters is 1. The van der Waals surface area contributed by atoms with Crippen molar-refractivity contribution in [2.45, 2.75) is 26.3 Å². The Kier molecular flexibility index (Phi) is 7.01. The molecule has 0 atom stereocenters. The standard InChI is InChI=1S/C24H23N3O3/c1-2-16-30-24(29)18-8-11-20(12-9-18)26-23(28)13-10-19-17-27(15-5-14-25)22-7-4-3-6-21(19)22/h3-4,6-13,17H,2,5,15-16H2,1H3,(H,26,28)/b13-10-. The van der Waals surface area contributed by atoms with Gasteiger partial charge >= 0.3 is 5.97 Å². The third kappa shape index (κ3) is 5.15. The summed E-state index contributed by atoms with van der Waals surface area (Å²) in [6.45, 7) is 2.92. The van der Waals surface area contributed by atoms with E-state index in [9.17, 15) is 9.59 Å². The van der Waals surface area contributed by atoms with E-state index in [2.05, 4.69) is 11.4 Å². The lowest BCUT2D eigenvalue weighted by atomic mass is 10.1. The lowest BCUT2D eigenvalue weighted by molar-refractivity contribution is -0.111. The number of hydrogen-bond donors (Lipinski definition) is 1. The molecule has 0 saturated carbocycles. The van der Waals surface area contributed by atoms with Gasteiger partial charge in [0.2, 0.25) is 5.91 Å². The number of rotatable bonds is 8. The van der Waals surface area contributed by atoms with Gasteiger partial charge in [0.05, 0.1) is 24.7 Å². The molecular formula is C24H23N3O3. The molecule has 0 radical (unpaired) electrons. The number of anilines is 1. The van der Waals surface area contributed by atoms with E-state index in [1.165, 1.54) is 6.08 Å². The van der Waals surface area contributed by atoms with Gasteiger partial charge in [-0.25, -0.2) is 4.79 Å². The molecule has 0 aliphatic carbocycles. The summed E-state index contributed by atoms with van der Waals surface area (Å²) in [4.78, 5) is 24.2. The fraction of sp³-hybridized carbons (Fsp3) is 0.208. The van der Waals surface area contributed by atoms with Gasteiger partial charge in [-0.1, -0.05) is 25.1 Å². The van der Waals surface area contributed by atoms with Crippen LogP contribution in [0.4, 0.5) is 5.69 Å². The molecule has 0 saturated heterocycles. The topological polar surface area (TPSA) is 84.1 Å². The number of fused-ring (bicyclic) bond motifs is 1. The largest absolute Gasteiger partial charge is 0.462 e. The van der Waals surface area contributed by atoms with Crippen molar-refractivity contribution >= 4 is 34.5 Å². The van der Waals surface area contributed by atoms with Gasteiger partial charge in [-0.2, -0.15) is 5.26 Å². The summed E-state index contributed by atoms with van der Waals surface area (Å²) in [6.07, 6.45) is 6.37. The third-order valence-corrected chi connectivity index (χ3v) is 4.52. The third-order valence-electron chi connectivity index (χ3n) is 4.52. The minimum atomic E-state index is -0.373. The van der Waals surface area contributed by atoms with Gasteiger partial charge in [0.1, 0.15) is 0 Å². The van der Waals surface area contributed by atoms with Crippen molar-refractivity contribution in [1.82, 2.24) is 4.57 Å². The van der Waals surface area contributed by atoms with Crippen LogP contribution in [0.25, 0.3) is 17.0 Å². The summed E-state index contributed by atoms with van der Waals surface area (Å²) >= 11 is 0. The van der Waals surface area contributed by atoms with Gasteiger partial charge in [0.25, 0.3) is 0 Å². The molecule has 2 aromatic carbocycles. The van der Waals surface area contributed by atoms with Crippen molar-refractivity contribution in [2.24, 2.45) is 0 Å². The first kappa shape index (κ1) is 20.9. The highest BCUT2D eigenvalue weighted by molar-refractivity contribution is 6.03. The van der Waals surface area contributed by atoms with Gasteiger partial charge in [0, 0.05) is 41.0 Å². The fourth-order valence-corrected chi connectivity index (χ4v) is 3.08. The maximum atomic E-state index is 12.3. The number of aromatic nitrogens is 1. The molecule has 1 N–H and O–H groups in total. The van der Waals surface area contributed by atoms with Crippen molar-refractivity contribution in [3.05, 3.63) is 71.9 Å². The van der Waals surface area contributed by atoms with Gasteiger partial charge in [-0.05, 0) is 42.8 Å². The zero-order chi connectivity index (χ0) is 21.3. The highest BCUT2D eigenvalue weighted by Crippen LogP contribution is 2.23. The first-order chi connectivity index (χ1) is 14.6. The Morgan fingerprint density at radius 2 is 1.93 bits per heavy atom. The second-order valence-electron chi connectivity index (χ2n) is 6.74. The van der Waals surface area contributed by atoms with Crippen LogP contribution >= 0.6 is 0 Å². The van der Waals surface area contributed by atoms with E-state index in [4.69, 9.17) is 10.00 Å². The number of amides is 1. The van der Waals surface area contributed by atoms with Crippen LogP contribution in [0.2, 0.25) is 0 Å². The van der Waals surface area contributed by atoms with E-state index in [0.29, 0.717) is 30.8 Å². The van der Waals surface area contributed by atoms with Crippen LogP contribution in [0.5, 0.6) is 0 Å². The van der Waals surface area contributed by atoms with Gasteiger partial charge < -0.3 is 14.6 Å². The number of aryl methyl sites for hydroxylation is 1. The first-order valence-corrected chi connectivity index (χ1v) is 9.83. The SMILES string of the molecule is CCCOC(=O)c1ccc(NC(=O)/C=C\c2cn(CCC#N)c3ccccc23)cc1. The van der Waals surface area contributed by atoms with E-state index >= 15 is 0 Å². The lowest BCUT2D eigenvalue weighted by Crippen LogP contribution is -2.09. The van der Waals surface area contributed by atoms with Crippen LogP contribution in [0, 0.1) is 11.3 Å². The van der Waals surface area contributed by atoms with E-state index < -0.39 is 0 Å². The molecule has 1 amide bonds. The lowest BCUT2D eigenvalue weighted by Gasteiger charge is -2.05. The smallest absolute Gasteiger partial charge is 0.338 e. The van der Waals surface area contributed by atoms with Crippen molar-refractivity contribution < 1.29 is 14.3 Å². The molecular weight excluding hydrogens is 378 g/mol. The highest BCUT2D eigenvalue weighted by Gasteiger charge is 2.08. The molecule has 0 aliphatic heterocycles. The molecule has 1 heterocycles. The zero-order valence-electron chi connectivity index (χ0n) is 16.8. The fourth-order valence-electron chi connectivity index (χ4n) is 3.08. The highest BCUT2D eigenvalue weighted by atomic mass is 16.5. The van der Waals surface area contributed by atoms with Crippen LogP contribution in [-0.4, -0.2) is 23.1 Å². The van der Waals surface area contributed by atoms with Crippen molar-refractivity contribution in [3.63, 3.8) is 0 Å². The molecule has 1 aromatic heterocycles. The summed E-state index contributed by atoms with van der Waals surface area (Å²) in [5.41, 5.74) is 2.97. The van der Waals surface area contributed by atoms with Crippen molar-refractivity contribution in [1.29, 1.82) is 5.26 Å². The van der Waals surface area contributed by atoms with E-state index in [1.807, 2.05) is 42.0 Å². The maximum Gasteiger partial charge on any atom is 0.338 e. The molecule has 6 heteroatoms. The van der Waals surface area contributed by atoms with Crippen molar-refractivity contribution in [3.8, 4) is 6.07 Å². The Bertz CT molecular complexity index is 1100. The van der Waals surface area contributed by atoms with Gasteiger partial charge in [-0.3, -0.25) is 4.79 Å². The monoisotopic (exact) mass is 401 g/mol. The van der Waals surface area contributed by atoms with Crippen LogP contribution in [0.3, 0.4) is 0 Å². The van der Waals surface area contributed by atoms with E-state index in [-0.39, 0.29) is 11.9 Å². The predicted octanol–water partition coefficient (Wildman–Crippen LogP) is 4.77. The van der Waals surface area contributed by atoms with Crippen LogP contribution in [-0.2, 0) is 16.1 Å². The first-order valence-electron chi connectivity index (χ1n) is 9.83. The summed E-state index contributed by atoms with van der Waals surface area (Å²) in [6, 6.07) is 16.6. The second-order valence-corrected chi connectivity index (χ2v) is 6.74. The molecule has 152 valence electrons. The summed E-state index contributed by atoms with van der Waals surface area (Å²) in [5.74, 6) is -0.646. The van der Waals surface area contributed by atoms with Gasteiger partial charge in [-0.15, -0.1) is 0 Å². The number of nitrogens with one attached hydrogen (secondary N) is 1. The quantitative estimate of drug-likeness (QED) is 0.435. The molecule has 3 aromatic rings. The number of hydrogen-bond acceptors (Lipinski definition) is 4. The molecule has 30 heavy (non-hydrogen) atoms. The average molecular weight is 401 g/mol. The van der Waals surface area contributed by atoms with Crippen LogP contribution < -0.4 is 5.32 Å². The Labute approximate surface area is 175 Å². The van der Waals surface area contributed by atoms with E-state index in [1.54, 1.807) is 30.3 Å². The minimum Gasteiger partial charge on any atom is -0.462 e. The number of benzene rings is 2. The molecule has 3 rings (SSSR count). The summed E-state index contributed by atoms with van der Waals surface area (Å²) in [5, 5.41) is 12.7. The number of carbonyl (C=O) groups excluding carboxylic acids is 2. The Balaban J connectivity index is 1.68. The minimum absolute atomic E-state index is 0.273. The summed E-state index contributed by atoms with van der Waals surface area (Å²) < 4.78 is 7.11. The Morgan fingerprint density at radius 3 is 2.67 bits per heavy atom. The van der Waals surface area contributed by atoms with Crippen LogP contribution in [0.1, 0.15) is 35.7 Å². The molecule has 6 nitrogen and oxygen atoms in total. The summed E-state index contributed by atoms with van der Waals surface area (Å²) in [7, 11) is 0. The van der Waals surface area contributed by atoms with Crippen molar-refractivity contribution in [2.75, 3.05) is 11.9 Å². The molecule has 0 aliphatic rings. The molecule has 0 fully saturated rings. The molecule has 0 bridgehead atoms. The van der Waals surface area contributed by atoms with Gasteiger partial charge in [0.15, 0.2) is 0 Å². The Morgan fingerprint density at radius 1 is 1.17 bits per heavy atom. The number of nitrogens with zero attached hydrogens (tertiary/aromatic N) is 2. The number of nitriles is 1. The number of ether oxygens (including phenoxy) is 1. The average Bonchev–Trinajstić information content (AvgIpc) is 3.13. The second kappa shape index (κ2) is 10.1. The number of carbonyl (C=O) groups is 2. The maximum absolute atomic E-state index is 12.3. The zero-order valence-corrected chi connectivity index (χ0v) is 16.8. The van der Waals surface area contributed by atoms with E-state index in [0.717, 1.165) is 22.9 Å².